The molecular formula is C12H17F2NO. The van der Waals surface area contributed by atoms with Crippen LogP contribution in [0, 0.1) is 11.6 Å². The zero-order valence-electron chi connectivity index (χ0n) is 9.59. The Kier molecular flexibility index (Phi) is 5.35. The second kappa shape index (κ2) is 6.55. The Bertz CT molecular complexity index is 325. The van der Waals surface area contributed by atoms with Crippen LogP contribution >= 0.6 is 0 Å². The first-order valence-corrected chi connectivity index (χ1v) is 5.33. The number of benzene rings is 1. The van der Waals surface area contributed by atoms with Gasteiger partial charge in [-0.2, -0.15) is 0 Å². The molecule has 0 aliphatic carbocycles. The van der Waals surface area contributed by atoms with Crippen molar-refractivity contribution in [2.45, 2.75) is 19.4 Å². The third-order valence-electron chi connectivity index (χ3n) is 2.34. The minimum Gasteiger partial charge on any atom is -0.383 e. The molecule has 0 amide bonds. The second-order valence-electron chi connectivity index (χ2n) is 3.65. The molecule has 2 nitrogen and oxygen atoms in total. The Balaban J connectivity index is 2.68. The summed E-state index contributed by atoms with van der Waals surface area (Å²) < 4.78 is 31.1. The van der Waals surface area contributed by atoms with Crippen LogP contribution in [0.5, 0.6) is 0 Å². The number of nitrogens with one attached hydrogen (secondary N) is 1. The lowest BCUT2D eigenvalue weighted by Gasteiger charge is -2.17. The van der Waals surface area contributed by atoms with E-state index in [9.17, 15) is 8.78 Å². The van der Waals surface area contributed by atoms with Gasteiger partial charge in [0.2, 0.25) is 0 Å². The van der Waals surface area contributed by atoms with E-state index in [1.807, 2.05) is 6.92 Å². The lowest BCUT2D eigenvalue weighted by atomic mass is 10.1. The fraction of sp³-hybridized carbons (Fsp3) is 0.500. The van der Waals surface area contributed by atoms with E-state index in [2.05, 4.69) is 5.32 Å². The van der Waals surface area contributed by atoms with Crippen LogP contribution < -0.4 is 5.32 Å². The Morgan fingerprint density at radius 1 is 1.38 bits per heavy atom. The lowest BCUT2D eigenvalue weighted by Crippen LogP contribution is -2.35. The number of hydrogen-bond acceptors (Lipinski definition) is 2. The van der Waals surface area contributed by atoms with Crippen molar-refractivity contribution in [3.8, 4) is 0 Å². The summed E-state index contributed by atoms with van der Waals surface area (Å²) in [5.74, 6) is -1.05. The molecule has 0 radical (unpaired) electrons. The molecule has 90 valence electrons. The highest BCUT2D eigenvalue weighted by Gasteiger charge is 2.11. The predicted molar refractivity (Wildman–Crippen MR) is 59.4 cm³/mol. The summed E-state index contributed by atoms with van der Waals surface area (Å²) in [7, 11) is 1.60. The van der Waals surface area contributed by atoms with Gasteiger partial charge < -0.3 is 10.1 Å². The smallest absolute Gasteiger partial charge is 0.129 e. The van der Waals surface area contributed by atoms with Crippen molar-refractivity contribution in [3.05, 3.63) is 35.4 Å². The van der Waals surface area contributed by atoms with Gasteiger partial charge in [0.25, 0.3) is 0 Å². The molecule has 0 saturated carbocycles. The minimum absolute atomic E-state index is 0.0509. The van der Waals surface area contributed by atoms with Crippen molar-refractivity contribution in [1.82, 2.24) is 5.32 Å². The van der Waals surface area contributed by atoms with E-state index in [0.29, 0.717) is 18.6 Å². The van der Waals surface area contributed by atoms with E-state index >= 15 is 0 Å². The predicted octanol–water partition coefficient (Wildman–Crippen LogP) is 2.13. The molecule has 1 aromatic rings. The fourth-order valence-corrected chi connectivity index (χ4v) is 1.63. The summed E-state index contributed by atoms with van der Waals surface area (Å²) >= 11 is 0. The summed E-state index contributed by atoms with van der Waals surface area (Å²) in [6, 6.07) is 3.71. The van der Waals surface area contributed by atoms with Crippen LogP contribution in [-0.4, -0.2) is 26.3 Å². The molecule has 16 heavy (non-hydrogen) atoms. The molecule has 0 saturated heterocycles. The summed E-state index contributed by atoms with van der Waals surface area (Å²) in [5, 5.41) is 3.19. The van der Waals surface area contributed by atoms with Crippen LogP contribution in [0.1, 0.15) is 12.5 Å². The highest BCUT2D eigenvalue weighted by Crippen LogP contribution is 2.11. The Hall–Kier alpha value is -1.00. The van der Waals surface area contributed by atoms with Gasteiger partial charge in [0.15, 0.2) is 0 Å². The number of likely N-dealkylation sites (N-methyl/N-ethyl adjacent to an activating group) is 1. The van der Waals surface area contributed by atoms with Crippen LogP contribution in [0.3, 0.4) is 0 Å². The monoisotopic (exact) mass is 229 g/mol. The van der Waals surface area contributed by atoms with Gasteiger partial charge >= 0.3 is 0 Å². The molecule has 1 atom stereocenters. The van der Waals surface area contributed by atoms with Gasteiger partial charge in [-0.3, -0.25) is 0 Å². The van der Waals surface area contributed by atoms with E-state index in [-0.39, 0.29) is 6.04 Å². The number of ether oxygens (including phenoxy) is 1. The summed E-state index contributed by atoms with van der Waals surface area (Å²) in [6.45, 7) is 3.27. The minimum atomic E-state index is -0.548. The van der Waals surface area contributed by atoms with Crippen molar-refractivity contribution >= 4 is 0 Å². The number of methoxy groups -OCH3 is 1. The van der Waals surface area contributed by atoms with Crippen LogP contribution in [0.25, 0.3) is 0 Å². The van der Waals surface area contributed by atoms with Gasteiger partial charge in [0, 0.05) is 19.2 Å². The fourth-order valence-electron chi connectivity index (χ4n) is 1.63. The van der Waals surface area contributed by atoms with Gasteiger partial charge in [-0.1, -0.05) is 13.0 Å². The molecule has 0 aliphatic rings. The Morgan fingerprint density at radius 3 is 2.69 bits per heavy atom. The second-order valence-corrected chi connectivity index (χ2v) is 3.65. The quantitative estimate of drug-likeness (QED) is 0.807. The average Bonchev–Trinajstić information content (AvgIpc) is 2.23. The van der Waals surface area contributed by atoms with Crippen LogP contribution in [0.15, 0.2) is 18.2 Å². The number of rotatable bonds is 6. The highest BCUT2D eigenvalue weighted by molar-refractivity contribution is 5.19. The third-order valence-corrected chi connectivity index (χ3v) is 2.34. The summed E-state index contributed by atoms with van der Waals surface area (Å²) in [5.41, 5.74) is 0.504. The molecule has 1 N–H and O–H groups in total. The molecule has 4 heteroatoms. The first kappa shape index (κ1) is 13.1. The van der Waals surface area contributed by atoms with Gasteiger partial charge in [0.05, 0.1) is 6.61 Å². The van der Waals surface area contributed by atoms with Crippen LogP contribution in [0.4, 0.5) is 8.78 Å². The highest BCUT2D eigenvalue weighted by atomic mass is 19.1. The van der Waals surface area contributed by atoms with E-state index in [0.717, 1.165) is 12.6 Å². The molecule has 0 spiro atoms. The Morgan fingerprint density at radius 2 is 2.12 bits per heavy atom. The average molecular weight is 229 g/mol. The SMILES string of the molecule is CCNC(COC)Cc1ccc(F)cc1F. The van der Waals surface area contributed by atoms with Crippen molar-refractivity contribution < 1.29 is 13.5 Å². The molecule has 0 heterocycles. The molecule has 1 unspecified atom stereocenters. The van der Waals surface area contributed by atoms with Crippen LogP contribution in [0.2, 0.25) is 0 Å². The summed E-state index contributed by atoms with van der Waals surface area (Å²) in [4.78, 5) is 0. The first-order chi connectivity index (χ1) is 7.67. The number of halogens is 2. The lowest BCUT2D eigenvalue weighted by molar-refractivity contribution is 0.166. The molecule has 0 aliphatic heterocycles. The maximum atomic E-state index is 13.4. The largest absolute Gasteiger partial charge is 0.383 e. The van der Waals surface area contributed by atoms with E-state index in [1.54, 1.807) is 7.11 Å². The molecular weight excluding hydrogens is 212 g/mol. The van der Waals surface area contributed by atoms with Crippen molar-refractivity contribution in [1.29, 1.82) is 0 Å². The Labute approximate surface area is 94.6 Å². The zero-order valence-corrected chi connectivity index (χ0v) is 9.59. The van der Waals surface area contributed by atoms with Gasteiger partial charge in [-0.15, -0.1) is 0 Å². The van der Waals surface area contributed by atoms with E-state index in [4.69, 9.17) is 4.74 Å². The maximum Gasteiger partial charge on any atom is 0.129 e. The van der Waals surface area contributed by atoms with Gasteiger partial charge in [-0.25, -0.2) is 8.78 Å². The van der Waals surface area contributed by atoms with E-state index in [1.165, 1.54) is 12.1 Å². The first-order valence-electron chi connectivity index (χ1n) is 5.33. The van der Waals surface area contributed by atoms with Crippen molar-refractivity contribution in [2.75, 3.05) is 20.3 Å². The molecule has 0 aromatic heterocycles. The standard InChI is InChI=1S/C12H17F2NO/c1-3-15-11(8-16-2)6-9-4-5-10(13)7-12(9)14/h4-5,7,11,15H,3,6,8H2,1-2H3. The molecule has 0 bridgehead atoms. The zero-order chi connectivity index (χ0) is 12.0. The van der Waals surface area contributed by atoms with Crippen LogP contribution in [-0.2, 0) is 11.2 Å². The number of hydrogen-bond donors (Lipinski definition) is 1. The van der Waals surface area contributed by atoms with Gasteiger partial charge in [-0.05, 0) is 24.6 Å². The topological polar surface area (TPSA) is 21.3 Å². The molecule has 0 fully saturated rings. The van der Waals surface area contributed by atoms with E-state index < -0.39 is 11.6 Å². The van der Waals surface area contributed by atoms with Crippen molar-refractivity contribution in [2.24, 2.45) is 0 Å². The summed E-state index contributed by atoms with van der Waals surface area (Å²) in [6.07, 6.45) is 0.494. The third kappa shape index (κ3) is 3.87. The normalized spacial score (nSPS) is 12.8. The molecule has 1 rings (SSSR count). The molecule has 1 aromatic carbocycles. The van der Waals surface area contributed by atoms with Gasteiger partial charge in [0.1, 0.15) is 11.6 Å². The maximum absolute atomic E-state index is 13.4. The van der Waals surface area contributed by atoms with Crippen molar-refractivity contribution in [3.63, 3.8) is 0 Å².